The summed E-state index contributed by atoms with van der Waals surface area (Å²) >= 11 is 0. The number of likely N-dealkylation sites (tertiary alicyclic amines) is 1. The van der Waals surface area contributed by atoms with Crippen molar-refractivity contribution >= 4 is 0 Å². The van der Waals surface area contributed by atoms with Crippen molar-refractivity contribution in [3.63, 3.8) is 0 Å². The molecule has 2 atom stereocenters. The first-order chi connectivity index (χ1) is 11.1. The van der Waals surface area contributed by atoms with Crippen molar-refractivity contribution in [2.45, 2.75) is 32.2 Å². The molecule has 0 bridgehead atoms. The number of piperidine rings is 1. The number of nitrogens with zero attached hydrogens (tertiary/aromatic N) is 2. The molecule has 2 N–H and O–H groups in total. The van der Waals surface area contributed by atoms with E-state index in [1.165, 1.54) is 18.4 Å². The van der Waals surface area contributed by atoms with E-state index in [4.69, 9.17) is 10.5 Å². The van der Waals surface area contributed by atoms with Gasteiger partial charge in [0.05, 0.1) is 12.6 Å². The van der Waals surface area contributed by atoms with Crippen LogP contribution < -0.4 is 10.5 Å². The van der Waals surface area contributed by atoms with Crippen molar-refractivity contribution in [2.75, 3.05) is 46.9 Å². The van der Waals surface area contributed by atoms with Crippen LogP contribution in [0.4, 0.5) is 0 Å². The van der Waals surface area contributed by atoms with Gasteiger partial charge in [-0.15, -0.1) is 0 Å². The Labute approximate surface area is 141 Å². The maximum atomic E-state index is 6.14. The monoisotopic (exact) mass is 319 g/mol. The number of hydrogen-bond donors (Lipinski definition) is 1. The number of ether oxygens (including phenoxy) is 1. The molecule has 1 saturated heterocycles. The summed E-state index contributed by atoms with van der Waals surface area (Å²) in [6.07, 6.45) is 3.63. The maximum absolute atomic E-state index is 6.14. The summed E-state index contributed by atoms with van der Waals surface area (Å²) in [5, 5.41) is 0. The number of para-hydroxylation sites is 1. The highest BCUT2D eigenvalue weighted by Gasteiger charge is 2.26. The highest BCUT2D eigenvalue weighted by Crippen LogP contribution is 2.31. The first-order valence-corrected chi connectivity index (χ1v) is 8.92. The molecule has 23 heavy (non-hydrogen) atoms. The minimum atomic E-state index is 0.266. The van der Waals surface area contributed by atoms with Crippen LogP contribution in [0.3, 0.4) is 0 Å². The van der Waals surface area contributed by atoms with Crippen LogP contribution in [0.2, 0.25) is 0 Å². The van der Waals surface area contributed by atoms with Gasteiger partial charge in [0.25, 0.3) is 0 Å². The Bertz CT molecular complexity index is 464. The Morgan fingerprint density at radius 1 is 1.35 bits per heavy atom. The number of nitrogens with two attached hydrogens (primary N) is 1. The number of rotatable bonds is 8. The van der Waals surface area contributed by atoms with Crippen LogP contribution in [-0.4, -0.2) is 56.7 Å². The highest BCUT2D eigenvalue weighted by atomic mass is 16.5. The molecule has 2 unspecified atom stereocenters. The van der Waals surface area contributed by atoms with E-state index in [1.54, 1.807) is 0 Å². The molecule has 1 aliphatic rings. The fourth-order valence-electron chi connectivity index (χ4n) is 3.43. The Kier molecular flexibility index (Phi) is 7.34. The van der Waals surface area contributed by atoms with E-state index >= 15 is 0 Å². The van der Waals surface area contributed by atoms with E-state index in [-0.39, 0.29) is 6.04 Å². The van der Waals surface area contributed by atoms with Crippen LogP contribution in [-0.2, 0) is 0 Å². The van der Waals surface area contributed by atoms with Crippen LogP contribution >= 0.6 is 0 Å². The van der Waals surface area contributed by atoms with Gasteiger partial charge >= 0.3 is 0 Å². The van der Waals surface area contributed by atoms with Crippen molar-refractivity contribution in [3.05, 3.63) is 29.8 Å². The molecule has 2 rings (SSSR count). The zero-order chi connectivity index (χ0) is 16.7. The van der Waals surface area contributed by atoms with Gasteiger partial charge in [-0.2, -0.15) is 0 Å². The summed E-state index contributed by atoms with van der Waals surface area (Å²) in [4.78, 5) is 4.73. The number of benzene rings is 1. The van der Waals surface area contributed by atoms with Crippen molar-refractivity contribution < 1.29 is 4.74 Å². The molecule has 0 radical (unpaired) electrons. The largest absolute Gasteiger partial charge is 0.493 e. The van der Waals surface area contributed by atoms with Crippen molar-refractivity contribution in [1.82, 2.24) is 9.80 Å². The summed E-state index contributed by atoms with van der Waals surface area (Å²) in [5.41, 5.74) is 7.39. The standard InChI is InChI=1S/C19H33N3O/c1-16-8-6-12-22(15-16)18(14-20)17-9-4-5-10-19(17)23-13-7-11-21(2)3/h4-5,9-10,16,18H,6-8,11-15,20H2,1-3H3. The minimum absolute atomic E-state index is 0.266. The van der Waals surface area contributed by atoms with Crippen molar-refractivity contribution in [2.24, 2.45) is 11.7 Å². The molecular formula is C19H33N3O. The Morgan fingerprint density at radius 3 is 2.83 bits per heavy atom. The predicted molar refractivity (Wildman–Crippen MR) is 96.9 cm³/mol. The molecular weight excluding hydrogens is 286 g/mol. The zero-order valence-corrected chi connectivity index (χ0v) is 15.0. The lowest BCUT2D eigenvalue weighted by Crippen LogP contribution is -2.40. The van der Waals surface area contributed by atoms with Gasteiger partial charge in [-0.3, -0.25) is 4.90 Å². The van der Waals surface area contributed by atoms with Gasteiger partial charge in [-0.25, -0.2) is 0 Å². The van der Waals surface area contributed by atoms with Gasteiger partial charge in [-0.1, -0.05) is 25.1 Å². The molecule has 1 fully saturated rings. The molecule has 0 amide bonds. The van der Waals surface area contributed by atoms with E-state index in [0.717, 1.165) is 44.3 Å². The molecule has 1 heterocycles. The fraction of sp³-hybridized carbons (Fsp3) is 0.684. The van der Waals surface area contributed by atoms with Gasteiger partial charge in [0.2, 0.25) is 0 Å². The molecule has 1 aromatic carbocycles. The first kappa shape index (κ1) is 18.2. The maximum Gasteiger partial charge on any atom is 0.124 e. The minimum Gasteiger partial charge on any atom is -0.493 e. The van der Waals surface area contributed by atoms with Crippen LogP contribution in [0.15, 0.2) is 24.3 Å². The SMILES string of the molecule is CC1CCCN(C(CN)c2ccccc2OCCCN(C)C)C1. The molecule has 0 saturated carbocycles. The molecule has 1 aliphatic heterocycles. The normalized spacial score (nSPS) is 20.7. The molecule has 4 nitrogen and oxygen atoms in total. The van der Waals surface area contributed by atoms with Crippen LogP contribution in [0.25, 0.3) is 0 Å². The third-order valence-electron chi connectivity index (χ3n) is 4.64. The fourth-order valence-corrected chi connectivity index (χ4v) is 3.43. The van der Waals surface area contributed by atoms with Gasteiger partial charge in [0, 0.05) is 25.2 Å². The molecule has 0 aliphatic carbocycles. The van der Waals surface area contributed by atoms with Gasteiger partial charge in [0.15, 0.2) is 0 Å². The third kappa shape index (κ3) is 5.48. The van der Waals surface area contributed by atoms with Gasteiger partial charge in [0.1, 0.15) is 5.75 Å². The Morgan fingerprint density at radius 2 is 2.13 bits per heavy atom. The summed E-state index contributed by atoms with van der Waals surface area (Å²) in [6, 6.07) is 8.68. The second-order valence-electron chi connectivity index (χ2n) is 7.04. The lowest BCUT2D eigenvalue weighted by atomic mass is 9.96. The summed E-state index contributed by atoms with van der Waals surface area (Å²) < 4.78 is 6.08. The van der Waals surface area contributed by atoms with E-state index in [9.17, 15) is 0 Å². The number of hydrogen-bond acceptors (Lipinski definition) is 4. The quantitative estimate of drug-likeness (QED) is 0.748. The van der Waals surface area contributed by atoms with E-state index in [0.29, 0.717) is 6.54 Å². The average Bonchev–Trinajstić information content (AvgIpc) is 2.53. The summed E-state index contributed by atoms with van der Waals surface area (Å²) in [5.74, 6) is 1.76. The van der Waals surface area contributed by atoms with E-state index in [1.807, 2.05) is 0 Å². The molecule has 1 aromatic rings. The van der Waals surface area contributed by atoms with Gasteiger partial charge in [-0.05, 0) is 51.9 Å². The Balaban J connectivity index is 2.04. The summed E-state index contributed by atoms with van der Waals surface area (Å²) in [7, 11) is 4.19. The van der Waals surface area contributed by atoms with Crippen molar-refractivity contribution in [3.8, 4) is 5.75 Å². The first-order valence-electron chi connectivity index (χ1n) is 8.92. The van der Waals surface area contributed by atoms with Crippen LogP contribution in [0, 0.1) is 5.92 Å². The smallest absolute Gasteiger partial charge is 0.124 e. The Hall–Kier alpha value is -1.10. The molecule has 0 spiro atoms. The predicted octanol–water partition coefficient (Wildman–Crippen LogP) is 2.75. The second-order valence-corrected chi connectivity index (χ2v) is 7.04. The van der Waals surface area contributed by atoms with Crippen LogP contribution in [0.1, 0.15) is 37.8 Å². The summed E-state index contributed by atoms with van der Waals surface area (Å²) in [6.45, 7) is 7.06. The highest BCUT2D eigenvalue weighted by molar-refractivity contribution is 5.36. The van der Waals surface area contributed by atoms with Crippen LogP contribution in [0.5, 0.6) is 5.75 Å². The average molecular weight is 319 g/mol. The molecule has 4 heteroatoms. The van der Waals surface area contributed by atoms with E-state index in [2.05, 4.69) is 55.1 Å². The molecule has 0 aromatic heterocycles. The zero-order valence-electron chi connectivity index (χ0n) is 15.0. The molecule has 130 valence electrons. The lowest BCUT2D eigenvalue weighted by Gasteiger charge is -2.37. The lowest BCUT2D eigenvalue weighted by molar-refractivity contribution is 0.130. The van der Waals surface area contributed by atoms with Crippen molar-refractivity contribution in [1.29, 1.82) is 0 Å². The topological polar surface area (TPSA) is 41.7 Å². The van der Waals surface area contributed by atoms with E-state index < -0.39 is 0 Å². The van der Waals surface area contributed by atoms with Gasteiger partial charge < -0.3 is 15.4 Å². The second kappa shape index (κ2) is 9.26. The third-order valence-corrected chi connectivity index (χ3v) is 4.64.